The summed E-state index contributed by atoms with van der Waals surface area (Å²) >= 11 is 3.25. The molecule has 1 aromatic heterocycles. The fourth-order valence-electron chi connectivity index (χ4n) is 1.63. The Kier molecular flexibility index (Phi) is 4.87. The number of rotatable bonds is 5. The molecule has 0 bridgehead atoms. The van der Waals surface area contributed by atoms with E-state index < -0.39 is 10.0 Å². The number of sulfonamides is 1. The molecule has 1 aromatic carbocycles. The van der Waals surface area contributed by atoms with Gasteiger partial charge in [-0.1, -0.05) is 12.1 Å². The van der Waals surface area contributed by atoms with Crippen LogP contribution in [0.15, 0.2) is 52.0 Å². The lowest BCUT2D eigenvalue weighted by atomic mass is 10.2. The van der Waals surface area contributed by atoms with Crippen LogP contribution < -0.4 is 10.5 Å². The fourth-order valence-corrected chi connectivity index (χ4v) is 3.64. The molecular weight excluding hydrogens is 342 g/mol. The zero-order chi connectivity index (χ0) is 14.6. The third-order valence-corrected chi connectivity index (χ3v) is 5.09. The summed E-state index contributed by atoms with van der Waals surface area (Å²) in [4.78, 5) is 4.25. The number of hydrogen-bond donors (Lipinski definition) is 2. The molecule has 0 spiro atoms. The topological polar surface area (TPSA) is 85.1 Å². The van der Waals surface area contributed by atoms with Crippen molar-refractivity contribution in [2.75, 3.05) is 0 Å². The number of halogens is 1. The van der Waals surface area contributed by atoms with Crippen LogP contribution in [0.4, 0.5) is 0 Å². The first kappa shape index (κ1) is 15.1. The molecule has 0 aliphatic carbocycles. The average Bonchev–Trinajstić information content (AvgIpc) is 2.47. The Labute approximate surface area is 126 Å². The predicted octanol–water partition coefficient (Wildman–Crippen LogP) is 1.78. The van der Waals surface area contributed by atoms with Crippen molar-refractivity contribution in [2.45, 2.75) is 18.0 Å². The molecule has 0 aliphatic rings. The number of pyridine rings is 1. The smallest absolute Gasteiger partial charge is 0.242 e. The molecule has 2 aromatic rings. The highest BCUT2D eigenvalue weighted by atomic mass is 79.9. The van der Waals surface area contributed by atoms with Crippen LogP contribution in [0.1, 0.15) is 11.3 Å². The monoisotopic (exact) mass is 355 g/mol. The van der Waals surface area contributed by atoms with E-state index in [4.69, 9.17) is 5.73 Å². The van der Waals surface area contributed by atoms with E-state index in [2.05, 4.69) is 25.6 Å². The fraction of sp³-hybridized carbons (Fsp3) is 0.154. The molecule has 0 unspecified atom stereocenters. The lowest BCUT2D eigenvalue weighted by Gasteiger charge is -2.09. The van der Waals surface area contributed by atoms with Gasteiger partial charge in [0.15, 0.2) is 0 Å². The zero-order valence-corrected chi connectivity index (χ0v) is 13.0. The largest absolute Gasteiger partial charge is 0.326 e. The lowest BCUT2D eigenvalue weighted by Crippen LogP contribution is -2.24. The minimum atomic E-state index is -3.61. The Morgan fingerprint density at radius 2 is 2.05 bits per heavy atom. The molecule has 2 rings (SSSR count). The maximum absolute atomic E-state index is 12.3. The summed E-state index contributed by atoms with van der Waals surface area (Å²) in [6, 6.07) is 10.4. The van der Waals surface area contributed by atoms with E-state index in [0.717, 1.165) is 5.56 Å². The Hall–Kier alpha value is -1.28. The summed E-state index contributed by atoms with van der Waals surface area (Å²) in [6.45, 7) is 0.429. The van der Waals surface area contributed by atoms with E-state index in [9.17, 15) is 8.42 Å². The van der Waals surface area contributed by atoms with Crippen molar-refractivity contribution in [1.29, 1.82) is 0 Å². The van der Waals surface area contributed by atoms with Gasteiger partial charge in [0.25, 0.3) is 0 Å². The van der Waals surface area contributed by atoms with Gasteiger partial charge in [0, 0.05) is 17.2 Å². The highest BCUT2D eigenvalue weighted by molar-refractivity contribution is 9.10. The second-order valence-corrected chi connectivity index (χ2v) is 6.70. The highest BCUT2D eigenvalue weighted by Gasteiger charge is 2.17. The zero-order valence-electron chi connectivity index (χ0n) is 10.6. The molecule has 1 heterocycles. The molecule has 0 aliphatic heterocycles. The maximum Gasteiger partial charge on any atom is 0.242 e. The lowest BCUT2D eigenvalue weighted by molar-refractivity contribution is 0.580. The number of benzene rings is 1. The molecule has 0 saturated heterocycles. The van der Waals surface area contributed by atoms with Crippen LogP contribution in [-0.4, -0.2) is 13.4 Å². The standard InChI is InChI=1S/C13H14BrN3O2S/c14-12-5-4-10(8-15)7-13(12)20(18,19)17-9-11-3-1-2-6-16-11/h1-7,17H,8-9,15H2. The second-order valence-electron chi connectivity index (χ2n) is 4.11. The Balaban J connectivity index is 2.22. The number of hydrogen-bond acceptors (Lipinski definition) is 4. The molecule has 0 saturated carbocycles. The first-order chi connectivity index (χ1) is 9.53. The van der Waals surface area contributed by atoms with Gasteiger partial charge in [-0.3, -0.25) is 4.98 Å². The molecule has 7 heteroatoms. The molecule has 0 atom stereocenters. The van der Waals surface area contributed by atoms with Crippen LogP contribution >= 0.6 is 15.9 Å². The van der Waals surface area contributed by atoms with Crippen molar-refractivity contribution in [3.05, 3.63) is 58.3 Å². The number of nitrogens with zero attached hydrogens (tertiary/aromatic N) is 1. The molecule has 0 fully saturated rings. The summed E-state index contributed by atoms with van der Waals surface area (Å²) in [5.41, 5.74) is 6.95. The van der Waals surface area contributed by atoms with E-state index in [1.54, 1.807) is 36.5 Å². The number of aromatic nitrogens is 1. The SMILES string of the molecule is NCc1ccc(Br)c(S(=O)(=O)NCc2ccccn2)c1. The van der Waals surface area contributed by atoms with Gasteiger partial charge < -0.3 is 5.73 Å². The third-order valence-electron chi connectivity index (χ3n) is 2.69. The summed E-state index contributed by atoms with van der Waals surface area (Å²) in [5, 5.41) is 0. The molecule has 3 N–H and O–H groups in total. The summed E-state index contributed by atoms with van der Waals surface area (Å²) in [6.07, 6.45) is 1.62. The first-order valence-corrected chi connectivity index (χ1v) is 8.18. The maximum atomic E-state index is 12.3. The van der Waals surface area contributed by atoms with E-state index in [-0.39, 0.29) is 18.0 Å². The number of nitrogens with two attached hydrogens (primary N) is 1. The molecule has 0 amide bonds. The minimum absolute atomic E-state index is 0.141. The van der Waals surface area contributed by atoms with Gasteiger partial charge in [0.1, 0.15) is 0 Å². The van der Waals surface area contributed by atoms with Crippen LogP contribution in [0.3, 0.4) is 0 Å². The van der Waals surface area contributed by atoms with Crippen molar-refractivity contribution >= 4 is 26.0 Å². The Morgan fingerprint density at radius 1 is 1.25 bits per heavy atom. The van der Waals surface area contributed by atoms with Gasteiger partial charge >= 0.3 is 0 Å². The molecular formula is C13H14BrN3O2S. The Bertz CT molecular complexity index is 690. The Morgan fingerprint density at radius 3 is 2.70 bits per heavy atom. The van der Waals surface area contributed by atoms with Gasteiger partial charge in [-0.15, -0.1) is 0 Å². The van der Waals surface area contributed by atoms with Gasteiger partial charge in [0.05, 0.1) is 17.1 Å². The van der Waals surface area contributed by atoms with Crippen molar-refractivity contribution in [3.8, 4) is 0 Å². The van der Waals surface area contributed by atoms with Gasteiger partial charge in [-0.25, -0.2) is 13.1 Å². The summed E-state index contributed by atoms with van der Waals surface area (Å²) in [5.74, 6) is 0. The van der Waals surface area contributed by atoms with E-state index in [1.165, 1.54) is 0 Å². The quantitative estimate of drug-likeness (QED) is 0.855. The second kappa shape index (κ2) is 6.45. The van der Waals surface area contributed by atoms with Gasteiger partial charge in [-0.2, -0.15) is 0 Å². The average molecular weight is 356 g/mol. The van der Waals surface area contributed by atoms with E-state index >= 15 is 0 Å². The van der Waals surface area contributed by atoms with Crippen molar-refractivity contribution in [3.63, 3.8) is 0 Å². The normalized spacial score (nSPS) is 11.5. The third kappa shape index (κ3) is 3.63. The van der Waals surface area contributed by atoms with Crippen molar-refractivity contribution < 1.29 is 8.42 Å². The summed E-state index contributed by atoms with van der Waals surface area (Å²) in [7, 11) is -3.61. The van der Waals surface area contributed by atoms with Crippen LogP contribution in [0.5, 0.6) is 0 Å². The van der Waals surface area contributed by atoms with Crippen LogP contribution in [0, 0.1) is 0 Å². The van der Waals surface area contributed by atoms with Crippen molar-refractivity contribution in [2.24, 2.45) is 5.73 Å². The first-order valence-electron chi connectivity index (χ1n) is 5.91. The summed E-state index contributed by atoms with van der Waals surface area (Å²) < 4.78 is 27.6. The molecule has 5 nitrogen and oxygen atoms in total. The molecule has 0 radical (unpaired) electrons. The predicted molar refractivity (Wildman–Crippen MR) is 80.3 cm³/mol. The van der Waals surface area contributed by atoms with Gasteiger partial charge in [0.2, 0.25) is 10.0 Å². The minimum Gasteiger partial charge on any atom is -0.326 e. The van der Waals surface area contributed by atoms with E-state index in [0.29, 0.717) is 10.2 Å². The number of nitrogens with one attached hydrogen (secondary N) is 1. The van der Waals surface area contributed by atoms with Crippen molar-refractivity contribution in [1.82, 2.24) is 9.71 Å². The van der Waals surface area contributed by atoms with E-state index in [1.807, 2.05) is 6.07 Å². The highest BCUT2D eigenvalue weighted by Crippen LogP contribution is 2.23. The van der Waals surface area contributed by atoms with Crippen LogP contribution in [0.25, 0.3) is 0 Å². The van der Waals surface area contributed by atoms with Crippen LogP contribution in [0.2, 0.25) is 0 Å². The molecule has 20 heavy (non-hydrogen) atoms. The van der Waals surface area contributed by atoms with Crippen LogP contribution in [-0.2, 0) is 23.1 Å². The molecule has 106 valence electrons. The van der Waals surface area contributed by atoms with Gasteiger partial charge in [-0.05, 0) is 45.8 Å².